The van der Waals surface area contributed by atoms with E-state index >= 15 is 0 Å². The molecule has 0 aromatic rings. The number of fused-ring (bicyclic) bond motifs is 5. The van der Waals surface area contributed by atoms with Crippen LogP contribution in [0.1, 0.15) is 71.6 Å². The summed E-state index contributed by atoms with van der Waals surface area (Å²) in [5.41, 5.74) is 1.09. The average molecular weight is 320 g/mol. The molecule has 0 saturated heterocycles. The predicted molar refractivity (Wildman–Crippen MR) is 95.2 cm³/mol. The van der Waals surface area contributed by atoms with Gasteiger partial charge in [-0.15, -0.1) is 0 Å². The number of rotatable bonds is 1. The molecule has 8 atom stereocenters. The average Bonchev–Trinajstić information content (AvgIpc) is 2.85. The normalized spacial score (nSPS) is 56.1. The Bertz CT molecular complexity index is 463. The van der Waals surface area contributed by atoms with Crippen LogP contribution in [0.4, 0.5) is 0 Å². The van der Waals surface area contributed by atoms with E-state index in [0.29, 0.717) is 10.8 Å². The van der Waals surface area contributed by atoms with Crippen molar-refractivity contribution in [3.05, 3.63) is 0 Å². The molecule has 0 aliphatic heterocycles. The highest BCUT2D eigenvalue weighted by Gasteiger charge is 2.60. The predicted octanol–water partition coefficient (Wildman–Crippen LogP) is 4.32. The van der Waals surface area contributed by atoms with Crippen LogP contribution in [0.3, 0.4) is 0 Å². The molecule has 23 heavy (non-hydrogen) atoms. The van der Waals surface area contributed by atoms with Crippen molar-refractivity contribution >= 4 is 0 Å². The van der Waals surface area contributed by atoms with Gasteiger partial charge >= 0.3 is 0 Å². The Kier molecular flexibility index (Phi) is 3.89. The zero-order chi connectivity index (χ0) is 16.4. The second-order valence-corrected chi connectivity index (χ2v) is 10.2. The van der Waals surface area contributed by atoms with Crippen molar-refractivity contribution < 1.29 is 5.11 Å². The molecule has 4 aliphatic rings. The number of nitrogens with zero attached hydrogens (tertiary/aromatic N) is 1. The van der Waals surface area contributed by atoms with E-state index in [1.807, 2.05) is 0 Å². The Balaban J connectivity index is 1.60. The Morgan fingerprint density at radius 3 is 2.26 bits per heavy atom. The molecule has 0 unspecified atom stereocenters. The van der Waals surface area contributed by atoms with Crippen molar-refractivity contribution in [2.45, 2.75) is 83.8 Å². The molecule has 0 aromatic heterocycles. The summed E-state index contributed by atoms with van der Waals surface area (Å²) >= 11 is 0. The summed E-state index contributed by atoms with van der Waals surface area (Å²) in [5.74, 6) is 3.66. The molecule has 2 heteroatoms. The SMILES string of the molecule is CN(C)[C@@H]1CC[C@H]2[C@@H]3CC[C@H]4C[C@@H](O)CC[C@]4(C)[C@H]3CC[C@@]21C. The van der Waals surface area contributed by atoms with Gasteiger partial charge in [0.2, 0.25) is 0 Å². The first-order chi connectivity index (χ1) is 10.9. The summed E-state index contributed by atoms with van der Waals surface area (Å²) in [7, 11) is 4.59. The Hall–Kier alpha value is -0.0800. The highest BCUT2D eigenvalue weighted by Crippen LogP contribution is 2.66. The van der Waals surface area contributed by atoms with E-state index in [1.165, 1.54) is 44.9 Å². The van der Waals surface area contributed by atoms with Crippen molar-refractivity contribution in [3.63, 3.8) is 0 Å². The zero-order valence-corrected chi connectivity index (χ0v) is 15.7. The van der Waals surface area contributed by atoms with Crippen LogP contribution in [0.15, 0.2) is 0 Å². The monoisotopic (exact) mass is 319 g/mol. The summed E-state index contributed by atoms with van der Waals surface area (Å²) in [6.07, 6.45) is 12.0. The van der Waals surface area contributed by atoms with Crippen molar-refractivity contribution in [1.82, 2.24) is 4.90 Å². The van der Waals surface area contributed by atoms with Crippen LogP contribution in [0.25, 0.3) is 0 Å². The molecule has 4 fully saturated rings. The van der Waals surface area contributed by atoms with E-state index in [-0.39, 0.29) is 6.10 Å². The minimum Gasteiger partial charge on any atom is -0.393 e. The Morgan fingerprint density at radius 2 is 1.52 bits per heavy atom. The topological polar surface area (TPSA) is 23.5 Å². The lowest BCUT2D eigenvalue weighted by molar-refractivity contribution is -0.127. The van der Waals surface area contributed by atoms with Crippen LogP contribution in [-0.4, -0.2) is 36.2 Å². The summed E-state index contributed by atoms with van der Waals surface area (Å²) < 4.78 is 0. The van der Waals surface area contributed by atoms with Gasteiger partial charge in [0.05, 0.1) is 6.10 Å². The van der Waals surface area contributed by atoms with E-state index in [4.69, 9.17) is 0 Å². The van der Waals surface area contributed by atoms with E-state index in [0.717, 1.165) is 42.6 Å². The van der Waals surface area contributed by atoms with E-state index in [2.05, 4.69) is 32.8 Å². The van der Waals surface area contributed by atoms with E-state index in [1.54, 1.807) is 0 Å². The molecule has 4 aliphatic carbocycles. The third-order valence-electron chi connectivity index (χ3n) is 9.21. The lowest BCUT2D eigenvalue weighted by Crippen LogP contribution is -2.55. The summed E-state index contributed by atoms with van der Waals surface area (Å²) in [4.78, 5) is 2.52. The molecule has 2 nitrogen and oxygen atoms in total. The molecule has 0 radical (unpaired) electrons. The molecule has 0 amide bonds. The van der Waals surface area contributed by atoms with E-state index < -0.39 is 0 Å². The Morgan fingerprint density at radius 1 is 0.826 bits per heavy atom. The highest BCUT2D eigenvalue weighted by atomic mass is 16.3. The first-order valence-electron chi connectivity index (χ1n) is 10.2. The van der Waals surface area contributed by atoms with Crippen molar-refractivity contribution in [2.24, 2.45) is 34.5 Å². The van der Waals surface area contributed by atoms with E-state index in [9.17, 15) is 5.11 Å². The quantitative estimate of drug-likeness (QED) is 0.778. The smallest absolute Gasteiger partial charge is 0.0543 e. The lowest BCUT2D eigenvalue weighted by atomic mass is 9.45. The van der Waals surface area contributed by atoms with Crippen LogP contribution in [-0.2, 0) is 0 Å². The zero-order valence-electron chi connectivity index (χ0n) is 15.7. The maximum Gasteiger partial charge on any atom is 0.0543 e. The molecule has 0 bridgehead atoms. The fourth-order valence-electron chi connectivity index (χ4n) is 8.06. The van der Waals surface area contributed by atoms with Crippen molar-refractivity contribution in [1.29, 1.82) is 0 Å². The third-order valence-corrected chi connectivity index (χ3v) is 9.21. The van der Waals surface area contributed by atoms with Gasteiger partial charge in [-0.2, -0.15) is 0 Å². The molecular formula is C21H37NO. The molecular weight excluding hydrogens is 282 g/mol. The first-order valence-corrected chi connectivity index (χ1v) is 10.2. The van der Waals surface area contributed by atoms with Crippen LogP contribution in [0.5, 0.6) is 0 Å². The maximum absolute atomic E-state index is 10.1. The highest BCUT2D eigenvalue weighted by molar-refractivity contribution is 5.10. The largest absolute Gasteiger partial charge is 0.393 e. The minimum atomic E-state index is -0.0110. The summed E-state index contributed by atoms with van der Waals surface area (Å²) in [6, 6.07) is 0.798. The molecule has 4 saturated carbocycles. The molecule has 0 aromatic carbocycles. The Labute approximate surface area is 143 Å². The van der Waals surface area contributed by atoms with Crippen LogP contribution in [0.2, 0.25) is 0 Å². The number of aliphatic hydroxyl groups is 1. The van der Waals surface area contributed by atoms with Gasteiger partial charge in [0.1, 0.15) is 0 Å². The summed E-state index contributed by atoms with van der Waals surface area (Å²) in [5, 5.41) is 10.1. The maximum atomic E-state index is 10.1. The molecule has 4 rings (SSSR count). The van der Waals surface area contributed by atoms with Gasteiger partial charge in [-0.25, -0.2) is 0 Å². The first kappa shape index (κ1) is 16.4. The number of hydrogen-bond acceptors (Lipinski definition) is 2. The minimum absolute atomic E-state index is 0.0110. The van der Waals surface area contributed by atoms with Gasteiger partial charge in [-0.1, -0.05) is 13.8 Å². The second-order valence-electron chi connectivity index (χ2n) is 10.2. The van der Waals surface area contributed by atoms with Gasteiger partial charge in [0.25, 0.3) is 0 Å². The molecule has 0 heterocycles. The van der Waals surface area contributed by atoms with Crippen LogP contribution < -0.4 is 0 Å². The van der Waals surface area contributed by atoms with Gasteiger partial charge in [0, 0.05) is 6.04 Å². The summed E-state index contributed by atoms with van der Waals surface area (Å²) in [6.45, 7) is 5.21. The van der Waals surface area contributed by atoms with Crippen molar-refractivity contribution in [3.8, 4) is 0 Å². The third kappa shape index (κ3) is 2.27. The lowest BCUT2D eigenvalue weighted by Gasteiger charge is -2.61. The van der Waals surface area contributed by atoms with Crippen LogP contribution >= 0.6 is 0 Å². The van der Waals surface area contributed by atoms with Gasteiger partial charge in [-0.3, -0.25) is 0 Å². The fraction of sp³-hybridized carbons (Fsp3) is 1.00. The van der Waals surface area contributed by atoms with Gasteiger partial charge in [-0.05, 0) is 106 Å². The standard InChI is InChI=1S/C21H37NO/c1-20-11-9-15(23)13-14(20)5-6-16-17-7-8-19(22(3)4)21(17,2)12-10-18(16)20/h14-19,23H,5-13H2,1-4H3/t14-,15-,16-,17-,18-,19+,20-,21-/m0/s1. The second kappa shape index (κ2) is 5.46. The molecule has 1 N–H and O–H groups in total. The molecule has 0 spiro atoms. The van der Waals surface area contributed by atoms with Crippen molar-refractivity contribution in [2.75, 3.05) is 14.1 Å². The van der Waals surface area contributed by atoms with Crippen LogP contribution in [0, 0.1) is 34.5 Å². The van der Waals surface area contributed by atoms with Gasteiger partial charge in [0.15, 0.2) is 0 Å². The number of hydrogen-bond donors (Lipinski definition) is 1. The fourth-order valence-corrected chi connectivity index (χ4v) is 8.06. The molecule has 132 valence electrons. The van der Waals surface area contributed by atoms with Gasteiger partial charge < -0.3 is 10.0 Å². The number of aliphatic hydroxyl groups excluding tert-OH is 1.